The first kappa shape index (κ1) is 14.9. The number of benzene rings is 1. The van der Waals surface area contributed by atoms with Crippen LogP contribution in [-0.4, -0.2) is 23.1 Å². The summed E-state index contributed by atoms with van der Waals surface area (Å²) in [4.78, 5) is 12.4. The molecule has 4 heteroatoms. The average Bonchev–Trinajstić information content (AvgIpc) is 2.44. The third kappa shape index (κ3) is 2.80. The Bertz CT molecular complexity index is 501. The minimum Gasteiger partial charge on any atom is -0.508 e. The number of phenols is 1. The highest BCUT2D eigenvalue weighted by molar-refractivity contribution is 5.95. The molecule has 1 aliphatic carbocycles. The van der Waals surface area contributed by atoms with E-state index in [-0.39, 0.29) is 17.2 Å². The number of rotatable bonds is 3. The summed E-state index contributed by atoms with van der Waals surface area (Å²) in [6.45, 7) is 4.41. The number of hydrogen-bond acceptors (Lipinski definition) is 3. The largest absolute Gasteiger partial charge is 0.508 e. The number of aryl methyl sites for hydroxylation is 1. The smallest absolute Gasteiger partial charge is 0.251 e. The molecule has 0 spiro atoms. The predicted molar refractivity (Wildman–Crippen MR) is 79.7 cm³/mol. The lowest BCUT2D eigenvalue weighted by atomic mass is 9.73. The Morgan fingerprint density at radius 1 is 1.50 bits per heavy atom. The maximum atomic E-state index is 12.4. The number of nitrogens with one attached hydrogen (secondary N) is 1. The van der Waals surface area contributed by atoms with Gasteiger partial charge in [0.15, 0.2) is 0 Å². The van der Waals surface area contributed by atoms with E-state index < -0.39 is 0 Å². The van der Waals surface area contributed by atoms with Crippen LogP contribution in [0.4, 0.5) is 0 Å². The fourth-order valence-corrected chi connectivity index (χ4v) is 3.00. The minimum atomic E-state index is -0.310. The Balaban J connectivity index is 2.18. The SMILES string of the molecule is Cc1ccc(C(=O)NC2(CN)CCCCC2C)cc1O. The molecule has 1 amide bonds. The Morgan fingerprint density at radius 3 is 2.85 bits per heavy atom. The molecule has 1 aromatic carbocycles. The fraction of sp³-hybridized carbons (Fsp3) is 0.562. The van der Waals surface area contributed by atoms with Crippen LogP contribution in [0.25, 0.3) is 0 Å². The summed E-state index contributed by atoms with van der Waals surface area (Å²) in [6.07, 6.45) is 4.32. The van der Waals surface area contributed by atoms with Crippen molar-refractivity contribution in [2.45, 2.75) is 45.1 Å². The van der Waals surface area contributed by atoms with Gasteiger partial charge in [0.05, 0.1) is 5.54 Å². The monoisotopic (exact) mass is 276 g/mol. The molecule has 1 saturated carbocycles. The van der Waals surface area contributed by atoms with Gasteiger partial charge in [-0.05, 0) is 43.4 Å². The second-order valence-electron chi connectivity index (χ2n) is 5.96. The van der Waals surface area contributed by atoms with Crippen LogP contribution in [-0.2, 0) is 0 Å². The van der Waals surface area contributed by atoms with E-state index in [9.17, 15) is 9.90 Å². The molecule has 2 unspecified atom stereocenters. The molecule has 0 bridgehead atoms. The lowest BCUT2D eigenvalue weighted by Crippen LogP contribution is -2.59. The Kier molecular flexibility index (Phi) is 4.33. The molecule has 0 heterocycles. The van der Waals surface area contributed by atoms with Crippen LogP contribution in [0.15, 0.2) is 18.2 Å². The number of hydrogen-bond donors (Lipinski definition) is 3. The second-order valence-corrected chi connectivity index (χ2v) is 5.96. The highest BCUT2D eigenvalue weighted by Crippen LogP contribution is 2.33. The number of amides is 1. The minimum absolute atomic E-state index is 0.149. The van der Waals surface area contributed by atoms with Crippen molar-refractivity contribution >= 4 is 5.91 Å². The lowest BCUT2D eigenvalue weighted by molar-refractivity contribution is 0.0812. The molecule has 1 fully saturated rings. The van der Waals surface area contributed by atoms with Crippen molar-refractivity contribution in [1.82, 2.24) is 5.32 Å². The second kappa shape index (κ2) is 5.83. The van der Waals surface area contributed by atoms with Gasteiger partial charge in [0.25, 0.3) is 5.91 Å². The van der Waals surface area contributed by atoms with Crippen molar-refractivity contribution < 1.29 is 9.90 Å². The van der Waals surface area contributed by atoms with E-state index in [2.05, 4.69) is 12.2 Å². The summed E-state index contributed by atoms with van der Waals surface area (Å²) in [5, 5.41) is 12.8. The molecule has 2 rings (SSSR count). The number of carbonyl (C=O) groups excluding carboxylic acids is 1. The first-order valence-corrected chi connectivity index (χ1v) is 7.31. The maximum Gasteiger partial charge on any atom is 0.251 e. The number of carbonyl (C=O) groups is 1. The molecular weight excluding hydrogens is 252 g/mol. The summed E-state index contributed by atoms with van der Waals surface area (Å²) in [5.41, 5.74) is 6.89. The first-order chi connectivity index (χ1) is 9.48. The van der Waals surface area contributed by atoms with Gasteiger partial charge in [-0.3, -0.25) is 4.79 Å². The standard InChI is InChI=1S/C16H24N2O2/c1-11-6-7-13(9-14(11)19)15(20)18-16(10-17)8-4-3-5-12(16)2/h6-7,9,12,19H,3-5,8,10,17H2,1-2H3,(H,18,20). The van der Waals surface area contributed by atoms with Crippen LogP contribution < -0.4 is 11.1 Å². The van der Waals surface area contributed by atoms with Crippen LogP contribution in [0.2, 0.25) is 0 Å². The van der Waals surface area contributed by atoms with Gasteiger partial charge in [-0.2, -0.15) is 0 Å². The van der Waals surface area contributed by atoms with E-state index in [0.717, 1.165) is 24.8 Å². The van der Waals surface area contributed by atoms with Crippen molar-refractivity contribution in [3.63, 3.8) is 0 Å². The van der Waals surface area contributed by atoms with Crippen LogP contribution in [0, 0.1) is 12.8 Å². The molecular formula is C16H24N2O2. The van der Waals surface area contributed by atoms with Crippen molar-refractivity contribution in [3.05, 3.63) is 29.3 Å². The summed E-state index contributed by atoms with van der Waals surface area (Å²) < 4.78 is 0. The quantitative estimate of drug-likeness (QED) is 0.793. The molecule has 0 radical (unpaired) electrons. The number of aromatic hydroxyl groups is 1. The zero-order valence-electron chi connectivity index (χ0n) is 12.3. The van der Waals surface area contributed by atoms with Crippen molar-refractivity contribution in [2.75, 3.05) is 6.54 Å². The van der Waals surface area contributed by atoms with Crippen LogP contribution in [0.1, 0.15) is 48.5 Å². The van der Waals surface area contributed by atoms with Gasteiger partial charge in [-0.15, -0.1) is 0 Å². The zero-order chi connectivity index (χ0) is 14.8. The maximum absolute atomic E-state index is 12.4. The van der Waals surface area contributed by atoms with E-state index >= 15 is 0 Å². The van der Waals surface area contributed by atoms with E-state index in [1.54, 1.807) is 12.1 Å². The lowest BCUT2D eigenvalue weighted by Gasteiger charge is -2.42. The molecule has 110 valence electrons. The Labute approximate surface area is 120 Å². The van der Waals surface area contributed by atoms with Gasteiger partial charge in [0, 0.05) is 12.1 Å². The normalized spacial score (nSPS) is 26.2. The molecule has 1 aliphatic rings. The van der Waals surface area contributed by atoms with E-state index in [4.69, 9.17) is 5.73 Å². The van der Waals surface area contributed by atoms with Gasteiger partial charge >= 0.3 is 0 Å². The van der Waals surface area contributed by atoms with Gasteiger partial charge in [0.2, 0.25) is 0 Å². The number of nitrogens with two attached hydrogens (primary N) is 1. The predicted octanol–water partition coefficient (Wildman–Crippen LogP) is 2.34. The Hall–Kier alpha value is -1.55. The first-order valence-electron chi connectivity index (χ1n) is 7.31. The number of phenolic OH excluding ortho intramolecular Hbond substituents is 1. The average molecular weight is 276 g/mol. The van der Waals surface area contributed by atoms with E-state index in [1.807, 2.05) is 6.92 Å². The molecule has 1 aromatic rings. The zero-order valence-corrected chi connectivity index (χ0v) is 12.3. The molecule has 0 saturated heterocycles. The Morgan fingerprint density at radius 2 is 2.25 bits per heavy atom. The summed E-state index contributed by atoms with van der Waals surface area (Å²) in [5.74, 6) is 0.375. The molecule has 4 nitrogen and oxygen atoms in total. The van der Waals surface area contributed by atoms with Crippen molar-refractivity contribution in [2.24, 2.45) is 11.7 Å². The summed E-state index contributed by atoms with van der Waals surface area (Å²) in [6, 6.07) is 5.01. The van der Waals surface area contributed by atoms with Crippen molar-refractivity contribution in [3.8, 4) is 5.75 Å². The molecule has 2 atom stereocenters. The van der Waals surface area contributed by atoms with Crippen LogP contribution in [0.5, 0.6) is 5.75 Å². The molecule has 0 aromatic heterocycles. The third-order valence-corrected chi connectivity index (χ3v) is 4.65. The van der Waals surface area contributed by atoms with Crippen molar-refractivity contribution in [1.29, 1.82) is 0 Å². The van der Waals surface area contributed by atoms with Gasteiger partial charge in [-0.1, -0.05) is 25.8 Å². The van der Waals surface area contributed by atoms with Gasteiger partial charge < -0.3 is 16.2 Å². The van der Waals surface area contributed by atoms with Crippen LogP contribution in [0.3, 0.4) is 0 Å². The molecule has 4 N–H and O–H groups in total. The molecule has 20 heavy (non-hydrogen) atoms. The molecule has 0 aliphatic heterocycles. The fourth-order valence-electron chi connectivity index (χ4n) is 3.00. The summed E-state index contributed by atoms with van der Waals surface area (Å²) in [7, 11) is 0. The van der Waals surface area contributed by atoms with E-state index in [1.165, 1.54) is 12.5 Å². The van der Waals surface area contributed by atoms with Crippen LogP contribution >= 0.6 is 0 Å². The highest BCUT2D eigenvalue weighted by atomic mass is 16.3. The third-order valence-electron chi connectivity index (χ3n) is 4.65. The highest BCUT2D eigenvalue weighted by Gasteiger charge is 2.38. The van der Waals surface area contributed by atoms with Gasteiger partial charge in [0.1, 0.15) is 5.75 Å². The summed E-state index contributed by atoms with van der Waals surface area (Å²) >= 11 is 0. The van der Waals surface area contributed by atoms with Gasteiger partial charge in [-0.25, -0.2) is 0 Å². The topological polar surface area (TPSA) is 75.4 Å². The van der Waals surface area contributed by atoms with E-state index in [0.29, 0.717) is 18.0 Å².